The van der Waals surface area contributed by atoms with E-state index in [1.54, 1.807) is 31.2 Å². The Morgan fingerprint density at radius 2 is 2.03 bits per heavy atom. The first-order valence-electron chi connectivity index (χ1n) is 10.5. The average molecular weight is 442 g/mol. The molecule has 3 amide bonds. The van der Waals surface area contributed by atoms with Gasteiger partial charge in [-0.15, -0.1) is 0 Å². The minimum Gasteiger partial charge on any atom is -0.454 e. The van der Waals surface area contributed by atoms with Crippen LogP contribution in [0.4, 0.5) is 5.82 Å². The van der Waals surface area contributed by atoms with E-state index in [2.05, 4.69) is 33.3 Å². The molecule has 0 aliphatic carbocycles. The van der Waals surface area contributed by atoms with E-state index in [1.165, 1.54) is 4.68 Å². The summed E-state index contributed by atoms with van der Waals surface area (Å²) in [6.07, 6.45) is 1.54. The molecule has 11 nitrogen and oxygen atoms in total. The van der Waals surface area contributed by atoms with Gasteiger partial charge in [0, 0.05) is 25.1 Å². The van der Waals surface area contributed by atoms with Crippen LogP contribution in [-0.4, -0.2) is 40.3 Å². The van der Waals surface area contributed by atoms with Crippen LogP contribution in [0.1, 0.15) is 43.7 Å². The van der Waals surface area contributed by atoms with Crippen LogP contribution in [0.2, 0.25) is 0 Å². The van der Waals surface area contributed by atoms with Crippen LogP contribution in [0.25, 0.3) is 0 Å². The van der Waals surface area contributed by atoms with Gasteiger partial charge in [0.2, 0.25) is 12.7 Å². The Bertz CT molecular complexity index is 1040. The van der Waals surface area contributed by atoms with E-state index < -0.39 is 18.1 Å². The zero-order valence-corrected chi connectivity index (χ0v) is 17.9. The fraction of sp³-hybridized carbons (Fsp3) is 0.429. The van der Waals surface area contributed by atoms with E-state index in [1.807, 2.05) is 0 Å². The predicted octanol–water partition coefficient (Wildman–Crippen LogP) is 0.909. The molecule has 32 heavy (non-hydrogen) atoms. The van der Waals surface area contributed by atoms with E-state index in [-0.39, 0.29) is 25.3 Å². The maximum absolute atomic E-state index is 12.5. The summed E-state index contributed by atoms with van der Waals surface area (Å²) in [4.78, 5) is 36.9. The van der Waals surface area contributed by atoms with Gasteiger partial charge in [0.15, 0.2) is 17.8 Å². The zero-order chi connectivity index (χ0) is 22.7. The monoisotopic (exact) mass is 442 g/mol. The smallest absolute Gasteiger partial charge is 0.314 e. The lowest BCUT2D eigenvalue weighted by Gasteiger charge is -2.32. The molecule has 11 heteroatoms. The predicted molar refractivity (Wildman–Crippen MR) is 114 cm³/mol. The Hall–Kier alpha value is -3.60. The van der Waals surface area contributed by atoms with Crippen LogP contribution in [-0.2, 0) is 20.9 Å². The number of carbonyl (C=O) groups is 3. The third kappa shape index (κ3) is 4.83. The molecule has 1 aromatic heterocycles. The summed E-state index contributed by atoms with van der Waals surface area (Å²) in [5, 5.41) is 15.7. The van der Waals surface area contributed by atoms with Crippen molar-refractivity contribution in [2.75, 3.05) is 12.1 Å². The SMILES string of the molecule is CCCC1CC(=O)NC(n2nc(C)cc2NC(=O)C(=O)NCc2ccc3c(c2)OCO3)N1. The van der Waals surface area contributed by atoms with Crippen molar-refractivity contribution in [3.05, 3.63) is 35.5 Å². The first-order valence-corrected chi connectivity index (χ1v) is 10.5. The number of nitrogens with zero attached hydrogens (tertiary/aromatic N) is 2. The Morgan fingerprint density at radius 3 is 2.84 bits per heavy atom. The van der Waals surface area contributed by atoms with Gasteiger partial charge in [-0.25, -0.2) is 4.68 Å². The summed E-state index contributed by atoms with van der Waals surface area (Å²) in [6.45, 7) is 4.13. The molecule has 0 bridgehead atoms. The van der Waals surface area contributed by atoms with Crippen LogP contribution < -0.4 is 30.7 Å². The van der Waals surface area contributed by atoms with Crippen LogP contribution >= 0.6 is 0 Å². The fourth-order valence-corrected chi connectivity index (χ4v) is 3.72. The number of amides is 3. The van der Waals surface area contributed by atoms with Gasteiger partial charge in [0.1, 0.15) is 5.82 Å². The summed E-state index contributed by atoms with van der Waals surface area (Å²) in [6, 6.07) is 6.94. The van der Waals surface area contributed by atoms with E-state index >= 15 is 0 Å². The molecule has 2 aliphatic heterocycles. The van der Waals surface area contributed by atoms with E-state index in [9.17, 15) is 14.4 Å². The molecule has 170 valence electrons. The number of aromatic nitrogens is 2. The highest BCUT2D eigenvalue weighted by molar-refractivity contribution is 6.39. The first kappa shape index (κ1) is 21.6. The first-order chi connectivity index (χ1) is 15.4. The van der Waals surface area contributed by atoms with Gasteiger partial charge in [-0.1, -0.05) is 19.4 Å². The molecule has 1 aromatic carbocycles. The Morgan fingerprint density at radius 1 is 1.22 bits per heavy atom. The lowest BCUT2D eigenvalue weighted by atomic mass is 10.1. The van der Waals surface area contributed by atoms with Crippen LogP contribution in [0, 0.1) is 6.92 Å². The van der Waals surface area contributed by atoms with Crippen LogP contribution in [0.15, 0.2) is 24.3 Å². The highest BCUT2D eigenvalue weighted by atomic mass is 16.7. The second-order valence-electron chi connectivity index (χ2n) is 7.77. The van der Waals surface area contributed by atoms with Crippen molar-refractivity contribution in [3.8, 4) is 11.5 Å². The molecular weight excluding hydrogens is 416 g/mol. The maximum Gasteiger partial charge on any atom is 0.314 e. The number of hydrogen-bond donors (Lipinski definition) is 4. The highest BCUT2D eigenvalue weighted by Gasteiger charge is 2.29. The fourth-order valence-electron chi connectivity index (χ4n) is 3.72. The number of anilines is 1. The molecule has 4 N–H and O–H groups in total. The molecule has 3 heterocycles. The van der Waals surface area contributed by atoms with Crippen molar-refractivity contribution >= 4 is 23.5 Å². The van der Waals surface area contributed by atoms with Crippen LogP contribution in [0.5, 0.6) is 11.5 Å². The topological polar surface area (TPSA) is 136 Å². The number of fused-ring (bicyclic) bond motifs is 1. The van der Waals surface area contributed by atoms with Crippen molar-refractivity contribution in [2.45, 2.75) is 52.0 Å². The number of nitrogens with one attached hydrogen (secondary N) is 4. The average Bonchev–Trinajstić information content (AvgIpc) is 3.37. The maximum atomic E-state index is 12.5. The molecule has 1 saturated heterocycles. The second-order valence-corrected chi connectivity index (χ2v) is 7.77. The molecule has 0 saturated carbocycles. The zero-order valence-electron chi connectivity index (χ0n) is 17.9. The number of hydrogen-bond acceptors (Lipinski definition) is 7. The van der Waals surface area contributed by atoms with E-state index in [0.29, 0.717) is 29.4 Å². The largest absolute Gasteiger partial charge is 0.454 e. The van der Waals surface area contributed by atoms with Gasteiger partial charge < -0.3 is 25.4 Å². The van der Waals surface area contributed by atoms with Gasteiger partial charge in [-0.2, -0.15) is 5.10 Å². The van der Waals surface area contributed by atoms with Crippen molar-refractivity contribution in [3.63, 3.8) is 0 Å². The standard InChI is InChI=1S/C21H26N6O5/c1-3-4-14-9-18(28)25-21(23-14)27-17(7-12(2)26-27)24-20(30)19(29)22-10-13-5-6-15-16(8-13)32-11-31-15/h5-8,14,21,23H,3-4,9-11H2,1-2H3,(H,22,29)(H,24,30)(H,25,28). The van der Waals surface area contributed by atoms with Gasteiger partial charge in [-0.3, -0.25) is 19.7 Å². The van der Waals surface area contributed by atoms with Crippen molar-refractivity contribution in [1.29, 1.82) is 0 Å². The minimum absolute atomic E-state index is 0.0109. The molecule has 4 rings (SSSR count). The summed E-state index contributed by atoms with van der Waals surface area (Å²) < 4.78 is 12.0. The molecule has 2 aliphatic rings. The molecule has 0 spiro atoms. The quantitative estimate of drug-likeness (QED) is 0.488. The number of benzene rings is 1. The normalized spacial score (nSPS) is 19.4. The number of rotatable bonds is 6. The summed E-state index contributed by atoms with van der Waals surface area (Å²) in [5.74, 6) is -0.175. The minimum atomic E-state index is -0.834. The lowest BCUT2D eigenvalue weighted by molar-refractivity contribution is -0.136. The van der Waals surface area contributed by atoms with Gasteiger partial charge in [0.05, 0.1) is 5.69 Å². The van der Waals surface area contributed by atoms with Gasteiger partial charge in [0.25, 0.3) is 0 Å². The molecule has 1 fully saturated rings. The summed E-state index contributed by atoms with van der Waals surface area (Å²) in [7, 11) is 0. The Kier molecular flexibility index (Phi) is 6.26. The third-order valence-corrected chi connectivity index (χ3v) is 5.20. The van der Waals surface area contributed by atoms with Crippen LogP contribution in [0.3, 0.4) is 0 Å². The van der Waals surface area contributed by atoms with Crippen molar-refractivity contribution in [1.82, 2.24) is 25.7 Å². The molecule has 2 aromatic rings. The lowest BCUT2D eigenvalue weighted by Crippen LogP contribution is -2.53. The number of ether oxygens (including phenoxy) is 2. The second kappa shape index (κ2) is 9.27. The Balaban J connectivity index is 1.38. The summed E-state index contributed by atoms with van der Waals surface area (Å²) >= 11 is 0. The van der Waals surface area contributed by atoms with Crippen molar-refractivity contribution < 1.29 is 23.9 Å². The Labute approximate surface area is 184 Å². The van der Waals surface area contributed by atoms with E-state index in [0.717, 1.165) is 18.4 Å². The van der Waals surface area contributed by atoms with E-state index in [4.69, 9.17) is 9.47 Å². The number of carbonyl (C=O) groups excluding carboxylic acids is 3. The molecule has 2 atom stereocenters. The van der Waals surface area contributed by atoms with Gasteiger partial charge in [-0.05, 0) is 31.0 Å². The van der Waals surface area contributed by atoms with Crippen molar-refractivity contribution in [2.24, 2.45) is 0 Å². The molecular formula is C21H26N6O5. The molecule has 0 radical (unpaired) electrons. The van der Waals surface area contributed by atoms with Gasteiger partial charge >= 0.3 is 11.8 Å². The third-order valence-electron chi connectivity index (χ3n) is 5.20. The number of aryl methyl sites for hydroxylation is 1. The molecule has 2 unspecified atom stereocenters. The summed E-state index contributed by atoms with van der Waals surface area (Å²) in [5.41, 5.74) is 1.40. The highest BCUT2D eigenvalue weighted by Crippen LogP contribution is 2.32.